The molecule has 8 heteroatoms. The Morgan fingerprint density at radius 2 is 1.92 bits per heavy atom. The van der Waals surface area contributed by atoms with E-state index in [0.29, 0.717) is 11.3 Å². The number of carbonyl (C=O) groups excluding carboxylic acids is 1. The Kier molecular flexibility index (Phi) is 6.05. The molecule has 0 spiro atoms. The van der Waals surface area contributed by atoms with Gasteiger partial charge in [0.05, 0.1) is 31.8 Å². The van der Waals surface area contributed by atoms with Crippen LogP contribution >= 0.6 is 0 Å². The first-order valence-corrected chi connectivity index (χ1v) is 7.30. The summed E-state index contributed by atoms with van der Waals surface area (Å²) in [5.41, 5.74) is 3.50. The molecule has 1 N–H and O–H groups in total. The summed E-state index contributed by atoms with van der Waals surface area (Å²) in [5.74, 6) is 0.568. The zero-order valence-corrected chi connectivity index (χ0v) is 13.8. The molecule has 0 aliphatic heterocycles. The Bertz CT molecular complexity index is 787. The van der Waals surface area contributed by atoms with E-state index in [1.165, 1.54) is 25.5 Å². The highest BCUT2D eigenvalue weighted by Gasteiger charge is 2.14. The number of nitrogens with one attached hydrogen (secondary N) is 1. The molecule has 0 unspecified atom stereocenters. The van der Waals surface area contributed by atoms with Crippen LogP contribution in [-0.2, 0) is 11.2 Å². The average molecular weight is 343 g/mol. The van der Waals surface area contributed by atoms with Crippen molar-refractivity contribution in [1.29, 1.82) is 0 Å². The molecule has 2 aromatic carbocycles. The largest absolute Gasteiger partial charge is 0.497 e. The van der Waals surface area contributed by atoms with E-state index in [1.807, 2.05) is 0 Å². The van der Waals surface area contributed by atoms with Crippen molar-refractivity contribution in [1.82, 2.24) is 5.43 Å². The Morgan fingerprint density at radius 3 is 2.52 bits per heavy atom. The lowest BCUT2D eigenvalue weighted by atomic mass is 10.1. The number of ether oxygens (including phenoxy) is 2. The lowest BCUT2D eigenvalue weighted by molar-refractivity contribution is -0.385. The van der Waals surface area contributed by atoms with Crippen LogP contribution < -0.4 is 14.9 Å². The van der Waals surface area contributed by atoms with Gasteiger partial charge in [-0.3, -0.25) is 14.9 Å². The molecule has 2 aromatic rings. The third-order valence-electron chi connectivity index (χ3n) is 3.33. The monoisotopic (exact) mass is 343 g/mol. The molecule has 0 saturated carbocycles. The van der Waals surface area contributed by atoms with Gasteiger partial charge in [-0.2, -0.15) is 5.10 Å². The molecule has 25 heavy (non-hydrogen) atoms. The van der Waals surface area contributed by atoms with Gasteiger partial charge in [-0.15, -0.1) is 0 Å². The van der Waals surface area contributed by atoms with Gasteiger partial charge in [-0.1, -0.05) is 12.1 Å². The number of methoxy groups -OCH3 is 2. The number of nitrogens with zero attached hydrogens (tertiary/aromatic N) is 2. The quantitative estimate of drug-likeness (QED) is 0.472. The Labute approximate surface area is 144 Å². The molecule has 0 radical (unpaired) electrons. The molecule has 1 amide bonds. The fraction of sp³-hybridized carbons (Fsp3) is 0.176. The maximum atomic E-state index is 11.8. The van der Waals surface area contributed by atoms with Crippen molar-refractivity contribution in [3.63, 3.8) is 0 Å². The van der Waals surface area contributed by atoms with Crippen molar-refractivity contribution in [3.8, 4) is 11.5 Å². The lowest BCUT2D eigenvalue weighted by Gasteiger charge is -2.03. The maximum Gasteiger partial charge on any atom is 0.311 e. The SMILES string of the molecule is COc1ccc(CC(=O)N/N=C\c2ccc(OC)c([N+](=O)[O-])c2)cc1. The molecule has 0 aromatic heterocycles. The third kappa shape index (κ3) is 5.03. The molecule has 2 rings (SSSR count). The molecule has 0 bridgehead atoms. The topological polar surface area (TPSA) is 103 Å². The summed E-state index contributed by atoms with van der Waals surface area (Å²) < 4.78 is 9.97. The summed E-state index contributed by atoms with van der Waals surface area (Å²) in [7, 11) is 2.93. The summed E-state index contributed by atoms with van der Waals surface area (Å²) in [6.45, 7) is 0. The van der Waals surface area contributed by atoms with Crippen molar-refractivity contribution in [2.45, 2.75) is 6.42 Å². The van der Waals surface area contributed by atoms with Crippen molar-refractivity contribution >= 4 is 17.8 Å². The van der Waals surface area contributed by atoms with Gasteiger partial charge in [0.1, 0.15) is 5.75 Å². The Balaban J connectivity index is 1.96. The van der Waals surface area contributed by atoms with E-state index < -0.39 is 4.92 Å². The number of carbonyl (C=O) groups is 1. The van der Waals surface area contributed by atoms with E-state index in [-0.39, 0.29) is 23.8 Å². The summed E-state index contributed by atoms with van der Waals surface area (Å²) in [6, 6.07) is 11.5. The van der Waals surface area contributed by atoms with Crippen molar-refractivity contribution < 1.29 is 19.2 Å². The van der Waals surface area contributed by atoms with Gasteiger partial charge >= 0.3 is 5.69 Å². The van der Waals surface area contributed by atoms with Crippen LogP contribution in [-0.4, -0.2) is 31.3 Å². The normalized spacial score (nSPS) is 10.5. The second kappa shape index (κ2) is 8.44. The van der Waals surface area contributed by atoms with E-state index in [1.54, 1.807) is 37.4 Å². The van der Waals surface area contributed by atoms with E-state index in [4.69, 9.17) is 9.47 Å². The average Bonchev–Trinajstić information content (AvgIpc) is 2.62. The second-order valence-electron chi connectivity index (χ2n) is 5.01. The molecule has 0 heterocycles. The smallest absolute Gasteiger partial charge is 0.311 e. The molecule has 0 saturated heterocycles. The highest BCUT2D eigenvalue weighted by atomic mass is 16.6. The molecule has 0 atom stereocenters. The number of hydrogen-bond donors (Lipinski definition) is 1. The molecular formula is C17H17N3O5. The summed E-state index contributed by atoms with van der Waals surface area (Å²) in [5, 5.41) is 14.8. The zero-order valence-electron chi connectivity index (χ0n) is 13.8. The standard InChI is InChI=1S/C17H17N3O5/c1-24-14-6-3-12(4-7-14)10-17(21)19-18-11-13-5-8-16(25-2)15(9-13)20(22)23/h3-9,11H,10H2,1-2H3,(H,19,21)/b18-11-. The Hall–Kier alpha value is -3.42. The van der Waals surface area contributed by atoms with Gasteiger partial charge in [0.2, 0.25) is 5.91 Å². The minimum Gasteiger partial charge on any atom is -0.497 e. The summed E-state index contributed by atoms with van der Waals surface area (Å²) >= 11 is 0. The van der Waals surface area contributed by atoms with Crippen LogP contribution in [0.3, 0.4) is 0 Å². The van der Waals surface area contributed by atoms with E-state index >= 15 is 0 Å². The van der Waals surface area contributed by atoms with Gasteiger partial charge in [0.25, 0.3) is 0 Å². The minimum absolute atomic E-state index is 0.157. The zero-order chi connectivity index (χ0) is 18.2. The van der Waals surface area contributed by atoms with E-state index in [9.17, 15) is 14.9 Å². The van der Waals surface area contributed by atoms with Gasteiger partial charge in [-0.25, -0.2) is 5.43 Å². The van der Waals surface area contributed by atoms with E-state index in [0.717, 1.165) is 5.56 Å². The third-order valence-corrected chi connectivity index (χ3v) is 3.33. The predicted octanol–water partition coefficient (Wildman–Crippen LogP) is 2.30. The van der Waals surface area contributed by atoms with Gasteiger partial charge in [0, 0.05) is 11.6 Å². The van der Waals surface area contributed by atoms with E-state index in [2.05, 4.69) is 10.5 Å². The predicted molar refractivity (Wildman–Crippen MR) is 92.1 cm³/mol. The molecule has 0 aliphatic carbocycles. The highest BCUT2D eigenvalue weighted by molar-refractivity contribution is 5.84. The Morgan fingerprint density at radius 1 is 1.20 bits per heavy atom. The fourth-order valence-corrected chi connectivity index (χ4v) is 2.08. The number of amides is 1. The van der Waals surface area contributed by atoms with Crippen LogP contribution in [0.1, 0.15) is 11.1 Å². The van der Waals surface area contributed by atoms with Crippen LogP contribution in [0.5, 0.6) is 11.5 Å². The highest BCUT2D eigenvalue weighted by Crippen LogP contribution is 2.26. The lowest BCUT2D eigenvalue weighted by Crippen LogP contribution is -2.19. The molecule has 130 valence electrons. The number of rotatable bonds is 7. The number of benzene rings is 2. The molecule has 0 fully saturated rings. The number of hydrazone groups is 1. The van der Waals surface area contributed by atoms with Crippen LogP contribution in [0, 0.1) is 10.1 Å². The number of nitro groups is 1. The first-order chi connectivity index (χ1) is 12.0. The number of hydrogen-bond acceptors (Lipinski definition) is 6. The number of nitro benzene ring substituents is 1. The summed E-state index contributed by atoms with van der Waals surface area (Å²) in [6.07, 6.45) is 1.49. The second-order valence-corrected chi connectivity index (χ2v) is 5.01. The molecule has 0 aliphatic rings. The van der Waals surface area contributed by atoms with Crippen LogP contribution in [0.25, 0.3) is 0 Å². The van der Waals surface area contributed by atoms with Gasteiger partial charge < -0.3 is 9.47 Å². The van der Waals surface area contributed by atoms with Crippen LogP contribution in [0.4, 0.5) is 5.69 Å². The van der Waals surface area contributed by atoms with Gasteiger partial charge in [-0.05, 0) is 29.8 Å². The molecule has 8 nitrogen and oxygen atoms in total. The first kappa shape index (κ1) is 17.9. The van der Waals surface area contributed by atoms with Crippen LogP contribution in [0.15, 0.2) is 47.6 Å². The fourth-order valence-electron chi connectivity index (χ4n) is 2.08. The maximum absolute atomic E-state index is 11.8. The van der Waals surface area contributed by atoms with Crippen molar-refractivity contribution in [3.05, 3.63) is 63.7 Å². The first-order valence-electron chi connectivity index (χ1n) is 7.30. The summed E-state index contributed by atoms with van der Waals surface area (Å²) in [4.78, 5) is 22.3. The van der Waals surface area contributed by atoms with Gasteiger partial charge in [0.15, 0.2) is 5.75 Å². The van der Waals surface area contributed by atoms with Crippen LogP contribution in [0.2, 0.25) is 0 Å². The molecular weight excluding hydrogens is 326 g/mol. The van der Waals surface area contributed by atoms with Crippen molar-refractivity contribution in [2.75, 3.05) is 14.2 Å². The van der Waals surface area contributed by atoms with Crippen molar-refractivity contribution in [2.24, 2.45) is 5.10 Å². The minimum atomic E-state index is -0.543.